The van der Waals surface area contributed by atoms with Crippen LogP contribution >= 0.6 is 0 Å². The Hall–Kier alpha value is -1.49. The smallest absolute Gasteiger partial charge is 0.389 e. The lowest BCUT2D eigenvalue weighted by atomic mass is 10.0. The maximum Gasteiger partial charge on any atom is 0.389 e. The molecule has 2 rings (SSSR count). The summed E-state index contributed by atoms with van der Waals surface area (Å²) in [6.07, 6.45) is -1.77. The molecule has 1 aromatic carbocycles. The van der Waals surface area contributed by atoms with Gasteiger partial charge < -0.3 is 10.1 Å². The molecule has 0 spiro atoms. The maximum absolute atomic E-state index is 12.0. The molecule has 5 heteroatoms. The minimum Gasteiger partial charge on any atom is -0.494 e. The average Bonchev–Trinajstić information content (AvgIpc) is 2.44. The summed E-state index contributed by atoms with van der Waals surface area (Å²) in [7, 11) is 0. The molecule has 0 amide bonds. The molecule has 0 saturated heterocycles. The molecule has 0 unspecified atom stereocenters. The highest BCUT2D eigenvalue weighted by Gasteiger charge is 2.26. The number of hydrogen-bond acceptors (Lipinski definition) is 2. The Balaban J connectivity index is 1.81. The zero-order chi connectivity index (χ0) is 14.4. The largest absolute Gasteiger partial charge is 0.494 e. The van der Waals surface area contributed by atoms with Crippen molar-refractivity contribution in [2.24, 2.45) is 0 Å². The number of ether oxygens (including phenoxy) is 1. The summed E-state index contributed by atoms with van der Waals surface area (Å²) in [6.45, 7) is 1.94. The summed E-state index contributed by atoms with van der Waals surface area (Å²) in [5.74, 6) is 0.616. The van der Waals surface area contributed by atoms with E-state index in [9.17, 15) is 13.2 Å². The molecule has 2 nitrogen and oxygen atoms in total. The fourth-order valence-electron chi connectivity index (χ4n) is 2.11. The van der Waals surface area contributed by atoms with Crippen LogP contribution in [-0.4, -0.2) is 25.9 Å². The van der Waals surface area contributed by atoms with Crippen LogP contribution in [0.25, 0.3) is 5.57 Å². The Morgan fingerprint density at radius 2 is 1.90 bits per heavy atom. The molecular formula is C15H18F3NO. The summed E-state index contributed by atoms with van der Waals surface area (Å²) >= 11 is 0. The normalized spacial score (nSPS) is 15.8. The van der Waals surface area contributed by atoms with Gasteiger partial charge in [0.1, 0.15) is 5.75 Å². The molecule has 1 N–H and O–H groups in total. The van der Waals surface area contributed by atoms with Crippen molar-refractivity contribution in [1.29, 1.82) is 0 Å². The van der Waals surface area contributed by atoms with Gasteiger partial charge in [0.25, 0.3) is 0 Å². The highest BCUT2D eigenvalue weighted by molar-refractivity contribution is 5.67. The van der Waals surface area contributed by atoms with E-state index in [1.54, 1.807) is 0 Å². The number of hydrogen-bond donors (Lipinski definition) is 1. The van der Waals surface area contributed by atoms with Gasteiger partial charge in [0.05, 0.1) is 6.61 Å². The van der Waals surface area contributed by atoms with Gasteiger partial charge in [-0.25, -0.2) is 0 Å². The third-order valence-corrected chi connectivity index (χ3v) is 3.16. The van der Waals surface area contributed by atoms with Crippen LogP contribution < -0.4 is 10.1 Å². The van der Waals surface area contributed by atoms with Gasteiger partial charge in [0, 0.05) is 13.0 Å². The Bertz CT molecular complexity index is 451. The standard InChI is InChI=1S/C15H18F3NO/c16-15(17,18)8-1-11-20-14-4-2-12(3-5-14)13-6-9-19-10-7-13/h2-6,19H,1,7-11H2. The molecule has 0 atom stereocenters. The van der Waals surface area contributed by atoms with Crippen molar-refractivity contribution in [1.82, 2.24) is 5.32 Å². The summed E-state index contributed by atoms with van der Waals surface area (Å²) in [4.78, 5) is 0. The van der Waals surface area contributed by atoms with E-state index in [1.807, 2.05) is 24.3 Å². The second-order valence-corrected chi connectivity index (χ2v) is 4.78. The van der Waals surface area contributed by atoms with Gasteiger partial charge in [0.15, 0.2) is 0 Å². The quantitative estimate of drug-likeness (QED) is 0.831. The van der Waals surface area contributed by atoms with Crippen molar-refractivity contribution in [3.05, 3.63) is 35.9 Å². The molecule has 0 fully saturated rings. The maximum atomic E-state index is 12.0. The van der Waals surface area contributed by atoms with E-state index < -0.39 is 12.6 Å². The van der Waals surface area contributed by atoms with Crippen LogP contribution in [0.4, 0.5) is 13.2 Å². The van der Waals surface area contributed by atoms with Gasteiger partial charge in [-0.15, -0.1) is 0 Å². The minimum absolute atomic E-state index is 0.0118. The molecule has 1 aliphatic rings. The molecule has 110 valence electrons. The van der Waals surface area contributed by atoms with Gasteiger partial charge in [-0.3, -0.25) is 0 Å². The molecule has 20 heavy (non-hydrogen) atoms. The summed E-state index contributed by atoms with van der Waals surface area (Å²) < 4.78 is 41.2. The van der Waals surface area contributed by atoms with Crippen molar-refractivity contribution in [2.75, 3.05) is 19.7 Å². The van der Waals surface area contributed by atoms with Crippen LogP contribution in [0.1, 0.15) is 24.8 Å². The molecule has 0 aromatic heterocycles. The number of benzene rings is 1. The highest BCUT2D eigenvalue weighted by Crippen LogP contribution is 2.24. The average molecular weight is 285 g/mol. The molecule has 1 aliphatic heterocycles. The molecule has 1 heterocycles. The van der Waals surface area contributed by atoms with Crippen molar-refractivity contribution in [3.63, 3.8) is 0 Å². The lowest BCUT2D eigenvalue weighted by Gasteiger charge is -2.14. The van der Waals surface area contributed by atoms with Gasteiger partial charge in [-0.2, -0.15) is 13.2 Å². The van der Waals surface area contributed by atoms with Crippen LogP contribution in [0.3, 0.4) is 0 Å². The molecular weight excluding hydrogens is 267 g/mol. The second-order valence-electron chi connectivity index (χ2n) is 4.78. The summed E-state index contributed by atoms with van der Waals surface area (Å²) in [5.41, 5.74) is 2.45. The number of alkyl halides is 3. The number of nitrogens with one attached hydrogen (secondary N) is 1. The van der Waals surface area contributed by atoms with Gasteiger partial charge in [0.2, 0.25) is 0 Å². The first-order valence-electron chi connectivity index (χ1n) is 6.74. The van der Waals surface area contributed by atoms with Crippen LogP contribution in [0, 0.1) is 0 Å². The molecule has 1 aromatic rings. The molecule has 0 radical (unpaired) electrons. The van der Waals surface area contributed by atoms with Crippen molar-refractivity contribution in [3.8, 4) is 5.75 Å². The fourth-order valence-corrected chi connectivity index (χ4v) is 2.11. The third-order valence-electron chi connectivity index (χ3n) is 3.16. The predicted octanol–water partition coefficient (Wildman–Crippen LogP) is 3.78. The summed E-state index contributed by atoms with van der Waals surface area (Å²) in [5, 5.41) is 3.25. The first-order valence-corrected chi connectivity index (χ1v) is 6.74. The van der Waals surface area contributed by atoms with Crippen LogP contribution in [0.15, 0.2) is 30.3 Å². The zero-order valence-corrected chi connectivity index (χ0v) is 11.2. The van der Waals surface area contributed by atoms with Crippen molar-refractivity contribution >= 4 is 5.57 Å². The van der Waals surface area contributed by atoms with E-state index in [1.165, 1.54) is 5.57 Å². The van der Waals surface area contributed by atoms with E-state index in [0.29, 0.717) is 5.75 Å². The first kappa shape index (κ1) is 14.9. The molecule has 0 saturated carbocycles. The fraction of sp³-hybridized carbons (Fsp3) is 0.467. The number of halogens is 3. The zero-order valence-electron chi connectivity index (χ0n) is 11.2. The highest BCUT2D eigenvalue weighted by atomic mass is 19.4. The van der Waals surface area contributed by atoms with Crippen molar-refractivity contribution < 1.29 is 17.9 Å². The molecule has 0 aliphatic carbocycles. The Morgan fingerprint density at radius 3 is 2.50 bits per heavy atom. The molecule has 0 bridgehead atoms. The van der Waals surface area contributed by atoms with Crippen LogP contribution in [-0.2, 0) is 0 Å². The lowest BCUT2D eigenvalue weighted by Crippen LogP contribution is -2.19. The topological polar surface area (TPSA) is 21.3 Å². The van der Waals surface area contributed by atoms with Crippen LogP contribution in [0.2, 0.25) is 0 Å². The van der Waals surface area contributed by atoms with E-state index in [-0.39, 0.29) is 13.0 Å². The van der Waals surface area contributed by atoms with E-state index >= 15 is 0 Å². The van der Waals surface area contributed by atoms with E-state index in [2.05, 4.69) is 11.4 Å². The van der Waals surface area contributed by atoms with Gasteiger partial charge in [-0.05, 0) is 42.7 Å². The second kappa shape index (κ2) is 6.79. The monoisotopic (exact) mass is 285 g/mol. The predicted molar refractivity (Wildman–Crippen MR) is 72.7 cm³/mol. The number of rotatable bonds is 5. The summed E-state index contributed by atoms with van der Waals surface area (Å²) in [6, 6.07) is 7.53. The van der Waals surface area contributed by atoms with Gasteiger partial charge >= 0.3 is 6.18 Å². The van der Waals surface area contributed by atoms with Crippen molar-refractivity contribution in [2.45, 2.75) is 25.4 Å². The third kappa shape index (κ3) is 4.89. The lowest BCUT2D eigenvalue weighted by molar-refractivity contribution is -0.136. The Morgan fingerprint density at radius 1 is 1.15 bits per heavy atom. The van der Waals surface area contributed by atoms with E-state index in [0.717, 1.165) is 25.1 Å². The SMILES string of the molecule is FC(F)(F)CCCOc1ccc(C2=CCNCC2)cc1. The van der Waals surface area contributed by atoms with E-state index in [4.69, 9.17) is 4.74 Å². The Kier molecular flexibility index (Phi) is 5.06. The minimum atomic E-state index is -4.10. The van der Waals surface area contributed by atoms with Gasteiger partial charge in [-0.1, -0.05) is 18.2 Å². The Labute approximate surface area is 116 Å². The first-order chi connectivity index (χ1) is 9.54. The van der Waals surface area contributed by atoms with Crippen LogP contribution in [0.5, 0.6) is 5.75 Å².